The van der Waals surface area contributed by atoms with E-state index in [1.165, 1.54) is 12.1 Å². The summed E-state index contributed by atoms with van der Waals surface area (Å²) in [6.07, 6.45) is 1.58. The van der Waals surface area contributed by atoms with Gasteiger partial charge in [0.1, 0.15) is 0 Å². The number of sulfonamides is 1. The topological polar surface area (TPSA) is 88.2 Å². The van der Waals surface area contributed by atoms with Crippen LogP contribution in [0.4, 0.5) is 5.69 Å². The van der Waals surface area contributed by atoms with E-state index in [0.717, 1.165) is 10.8 Å². The van der Waals surface area contributed by atoms with Crippen LogP contribution < -0.4 is 10.0 Å². The number of carbonyl (C=O) groups excluding carboxylic acids is 1. The summed E-state index contributed by atoms with van der Waals surface area (Å²) in [4.78, 5) is 16.7. The third-order valence-electron chi connectivity index (χ3n) is 3.08. The van der Waals surface area contributed by atoms with E-state index in [9.17, 15) is 13.2 Å². The Morgan fingerprint density at radius 1 is 1.24 bits per heavy atom. The van der Waals surface area contributed by atoms with E-state index in [-0.39, 0.29) is 22.4 Å². The maximum absolute atomic E-state index is 12.4. The van der Waals surface area contributed by atoms with E-state index < -0.39 is 10.0 Å². The molecule has 1 heterocycles. The number of amides is 1. The van der Waals surface area contributed by atoms with Gasteiger partial charge in [0.25, 0.3) is 5.91 Å². The Morgan fingerprint density at radius 2 is 2.00 bits per heavy atom. The fourth-order valence-electron chi connectivity index (χ4n) is 2.07. The number of anilines is 1. The Labute approximate surface area is 152 Å². The van der Waals surface area contributed by atoms with Crippen molar-refractivity contribution in [1.82, 2.24) is 9.71 Å². The minimum absolute atomic E-state index is 0.0571. The van der Waals surface area contributed by atoms with Crippen LogP contribution >= 0.6 is 11.8 Å². The van der Waals surface area contributed by atoms with Gasteiger partial charge in [0.2, 0.25) is 10.0 Å². The van der Waals surface area contributed by atoms with Gasteiger partial charge in [0.15, 0.2) is 0 Å². The van der Waals surface area contributed by atoms with Crippen LogP contribution in [-0.2, 0) is 10.0 Å². The fourth-order valence-corrected chi connectivity index (χ4v) is 3.96. The lowest BCUT2D eigenvalue weighted by atomic mass is 10.2. The minimum Gasteiger partial charge on any atom is -0.321 e. The Kier molecular flexibility index (Phi) is 6.57. The maximum Gasteiger partial charge on any atom is 0.255 e. The molecular weight excluding hydrogens is 358 g/mol. The fraction of sp³-hybridized carbons (Fsp3) is 0.294. The second kappa shape index (κ2) is 8.46. The maximum atomic E-state index is 12.4. The van der Waals surface area contributed by atoms with Crippen molar-refractivity contribution in [3.05, 3.63) is 48.2 Å². The summed E-state index contributed by atoms with van der Waals surface area (Å²) in [5, 5.41) is 3.60. The van der Waals surface area contributed by atoms with Gasteiger partial charge in [0, 0.05) is 11.6 Å². The third-order valence-corrected chi connectivity index (χ3v) is 5.57. The number of thioether (sulfide) groups is 1. The highest BCUT2D eigenvalue weighted by atomic mass is 32.2. The first-order valence-electron chi connectivity index (χ1n) is 7.84. The van der Waals surface area contributed by atoms with E-state index in [0.29, 0.717) is 5.69 Å². The number of aromatic nitrogens is 1. The molecule has 0 aliphatic carbocycles. The van der Waals surface area contributed by atoms with Gasteiger partial charge in [-0.05, 0) is 49.9 Å². The van der Waals surface area contributed by atoms with Crippen LogP contribution in [0.5, 0.6) is 0 Å². The monoisotopic (exact) mass is 379 g/mol. The summed E-state index contributed by atoms with van der Waals surface area (Å²) < 4.78 is 26.9. The largest absolute Gasteiger partial charge is 0.321 e. The molecule has 2 N–H and O–H groups in total. The third kappa shape index (κ3) is 5.55. The molecule has 0 unspecified atom stereocenters. The first kappa shape index (κ1) is 19.4. The zero-order valence-electron chi connectivity index (χ0n) is 14.3. The number of nitrogens with one attached hydrogen (secondary N) is 2. The number of hydrogen-bond donors (Lipinski definition) is 2. The van der Waals surface area contributed by atoms with Gasteiger partial charge >= 0.3 is 0 Å². The molecule has 1 aromatic carbocycles. The van der Waals surface area contributed by atoms with Gasteiger partial charge in [-0.15, -0.1) is 11.8 Å². The summed E-state index contributed by atoms with van der Waals surface area (Å²) in [5.41, 5.74) is 0.817. The molecule has 0 radical (unpaired) electrons. The Hall–Kier alpha value is -1.90. The second-order valence-electron chi connectivity index (χ2n) is 5.58. The molecule has 25 heavy (non-hydrogen) atoms. The predicted molar refractivity (Wildman–Crippen MR) is 100 cm³/mol. The van der Waals surface area contributed by atoms with Crippen molar-refractivity contribution in [3.8, 4) is 0 Å². The van der Waals surface area contributed by atoms with Crippen molar-refractivity contribution in [1.29, 1.82) is 0 Å². The van der Waals surface area contributed by atoms with E-state index in [2.05, 4.69) is 15.0 Å². The molecule has 0 fully saturated rings. The number of nitrogens with zero attached hydrogens (tertiary/aromatic N) is 1. The number of benzene rings is 1. The normalized spacial score (nSPS) is 11.5. The average Bonchev–Trinajstić information content (AvgIpc) is 2.56. The van der Waals surface area contributed by atoms with Crippen LogP contribution in [0, 0.1) is 0 Å². The average molecular weight is 380 g/mol. The molecule has 0 spiro atoms. The Balaban J connectivity index is 2.16. The van der Waals surface area contributed by atoms with Crippen molar-refractivity contribution in [2.75, 3.05) is 11.1 Å². The van der Waals surface area contributed by atoms with Crippen LogP contribution in [0.15, 0.2) is 52.5 Å². The van der Waals surface area contributed by atoms with Gasteiger partial charge in [-0.2, -0.15) is 0 Å². The van der Waals surface area contributed by atoms with E-state index >= 15 is 0 Å². The van der Waals surface area contributed by atoms with Crippen LogP contribution in [-0.4, -0.2) is 31.1 Å². The SMILES string of the molecule is CCSc1ccc(NC(=O)c2cccc(S(=O)(=O)NC(C)C)c2)cn1. The van der Waals surface area contributed by atoms with E-state index in [4.69, 9.17) is 0 Å². The lowest BCUT2D eigenvalue weighted by Crippen LogP contribution is -2.30. The van der Waals surface area contributed by atoms with Gasteiger partial charge in [0.05, 0.1) is 21.8 Å². The number of carbonyl (C=O) groups is 1. The molecule has 6 nitrogen and oxygen atoms in total. The summed E-state index contributed by atoms with van der Waals surface area (Å²) in [6.45, 7) is 5.51. The molecule has 0 aliphatic rings. The van der Waals surface area contributed by atoms with E-state index in [1.54, 1.807) is 50.0 Å². The highest BCUT2D eigenvalue weighted by Crippen LogP contribution is 2.18. The van der Waals surface area contributed by atoms with Gasteiger partial charge in [-0.3, -0.25) is 4.79 Å². The zero-order chi connectivity index (χ0) is 18.4. The highest BCUT2D eigenvalue weighted by molar-refractivity contribution is 7.99. The Bertz CT molecular complexity index is 834. The van der Waals surface area contributed by atoms with Gasteiger partial charge in [-0.1, -0.05) is 13.0 Å². The summed E-state index contributed by atoms with van der Waals surface area (Å²) >= 11 is 1.61. The molecule has 134 valence electrons. The highest BCUT2D eigenvalue weighted by Gasteiger charge is 2.17. The molecule has 0 aliphatic heterocycles. The van der Waals surface area contributed by atoms with Crippen molar-refractivity contribution >= 4 is 33.4 Å². The van der Waals surface area contributed by atoms with Crippen LogP contribution in [0.2, 0.25) is 0 Å². The van der Waals surface area contributed by atoms with Crippen molar-refractivity contribution in [2.24, 2.45) is 0 Å². The zero-order valence-corrected chi connectivity index (χ0v) is 15.9. The molecule has 0 bridgehead atoms. The van der Waals surface area contributed by atoms with Crippen molar-refractivity contribution in [2.45, 2.75) is 36.7 Å². The molecule has 0 saturated heterocycles. The van der Waals surface area contributed by atoms with Crippen LogP contribution in [0.1, 0.15) is 31.1 Å². The lowest BCUT2D eigenvalue weighted by molar-refractivity contribution is 0.102. The molecule has 8 heteroatoms. The molecule has 2 aromatic rings. The molecule has 1 aromatic heterocycles. The predicted octanol–water partition coefficient (Wildman–Crippen LogP) is 3.13. The van der Waals surface area contributed by atoms with Crippen LogP contribution in [0.3, 0.4) is 0 Å². The van der Waals surface area contributed by atoms with Crippen molar-refractivity contribution in [3.63, 3.8) is 0 Å². The van der Waals surface area contributed by atoms with Crippen molar-refractivity contribution < 1.29 is 13.2 Å². The summed E-state index contributed by atoms with van der Waals surface area (Å²) in [5.74, 6) is 0.531. The minimum atomic E-state index is -3.65. The molecule has 1 amide bonds. The van der Waals surface area contributed by atoms with Gasteiger partial charge in [-0.25, -0.2) is 18.1 Å². The number of hydrogen-bond acceptors (Lipinski definition) is 5. The summed E-state index contributed by atoms with van der Waals surface area (Å²) in [6, 6.07) is 9.30. The van der Waals surface area contributed by atoms with Gasteiger partial charge < -0.3 is 5.32 Å². The lowest BCUT2D eigenvalue weighted by Gasteiger charge is -2.11. The molecule has 0 atom stereocenters. The van der Waals surface area contributed by atoms with E-state index in [1.807, 2.05) is 13.0 Å². The molecule has 0 saturated carbocycles. The molecule has 2 rings (SSSR count). The molecular formula is C17H21N3O3S2. The first-order valence-corrected chi connectivity index (χ1v) is 10.3. The number of pyridine rings is 1. The second-order valence-corrected chi connectivity index (χ2v) is 8.57. The quantitative estimate of drug-likeness (QED) is 0.722. The smallest absolute Gasteiger partial charge is 0.255 e. The number of rotatable bonds is 7. The summed E-state index contributed by atoms with van der Waals surface area (Å²) in [7, 11) is -3.65. The van der Waals surface area contributed by atoms with Crippen LogP contribution in [0.25, 0.3) is 0 Å². The Morgan fingerprint density at radius 3 is 2.60 bits per heavy atom. The standard InChI is InChI=1S/C17H21N3O3S2/c1-4-24-16-9-8-14(11-18-16)19-17(21)13-6-5-7-15(10-13)25(22,23)20-12(2)3/h5-12,20H,4H2,1-3H3,(H,19,21). The first-order chi connectivity index (χ1) is 11.8.